The molecule has 2 N–H and O–H groups in total. The summed E-state index contributed by atoms with van der Waals surface area (Å²) in [6.45, 7) is 4.10. The first-order valence-corrected chi connectivity index (χ1v) is 7.41. The third-order valence-corrected chi connectivity index (χ3v) is 4.72. The normalized spacial score (nSPS) is 12.6. The Kier molecular flexibility index (Phi) is 4.20. The van der Waals surface area contributed by atoms with E-state index in [0.29, 0.717) is 0 Å². The number of hydrogen-bond donors (Lipinski definition) is 1. The van der Waals surface area contributed by atoms with E-state index < -0.39 is 0 Å². The summed E-state index contributed by atoms with van der Waals surface area (Å²) >= 11 is 3.52. The highest BCUT2D eigenvalue weighted by Crippen LogP contribution is 2.27. The van der Waals surface area contributed by atoms with Crippen LogP contribution in [0.1, 0.15) is 29.2 Å². The van der Waals surface area contributed by atoms with E-state index in [0.717, 1.165) is 16.5 Å². The lowest BCUT2D eigenvalue weighted by molar-refractivity contribution is 0.785. The van der Waals surface area contributed by atoms with Gasteiger partial charge in [-0.15, -0.1) is 23.1 Å². The van der Waals surface area contributed by atoms with E-state index in [4.69, 9.17) is 5.73 Å². The number of benzene rings is 1. The zero-order valence-corrected chi connectivity index (χ0v) is 11.6. The number of aryl methyl sites for hydroxylation is 1. The van der Waals surface area contributed by atoms with Crippen LogP contribution in [0.25, 0.3) is 0 Å². The first kappa shape index (κ1) is 12.6. The molecule has 4 heteroatoms. The van der Waals surface area contributed by atoms with Crippen LogP contribution in [0.4, 0.5) is 0 Å². The van der Waals surface area contributed by atoms with Crippen molar-refractivity contribution in [3.63, 3.8) is 0 Å². The largest absolute Gasteiger partial charge is 0.323 e. The molecular formula is C13H16N2S2. The summed E-state index contributed by atoms with van der Waals surface area (Å²) in [5.74, 6) is 0.919. The Balaban J connectivity index is 2.00. The van der Waals surface area contributed by atoms with E-state index in [1.807, 2.05) is 18.7 Å². The molecule has 2 rings (SSSR count). The Labute approximate surface area is 110 Å². The van der Waals surface area contributed by atoms with Gasteiger partial charge in [0.1, 0.15) is 5.01 Å². The van der Waals surface area contributed by atoms with Crippen molar-refractivity contribution in [2.24, 2.45) is 5.73 Å². The second kappa shape index (κ2) is 5.67. The highest BCUT2D eigenvalue weighted by Gasteiger charge is 2.06. The summed E-state index contributed by atoms with van der Waals surface area (Å²) in [6, 6.07) is 8.46. The van der Waals surface area contributed by atoms with Crippen LogP contribution in [0.5, 0.6) is 0 Å². The van der Waals surface area contributed by atoms with Crippen molar-refractivity contribution in [3.05, 3.63) is 45.9 Å². The quantitative estimate of drug-likeness (QED) is 0.854. The number of hydrogen-bond acceptors (Lipinski definition) is 4. The van der Waals surface area contributed by atoms with Gasteiger partial charge >= 0.3 is 0 Å². The van der Waals surface area contributed by atoms with Gasteiger partial charge in [0.05, 0.1) is 11.4 Å². The zero-order chi connectivity index (χ0) is 12.3. The predicted octanol–water partition coefficient (Wildman–Crippen LogP) is 3.76. The molecule has 1 atom stereocenters. The molecule has 1 heterocycles. The van der Waals surface area contributed by atoms with Gasteiger partial charge in [0.15, 0.2) is 0 Å². The number of nitrogens with zero attached hydrogens (tertiary/aromatic N) is 1. The summed E-state index contributed by atoms with van der Waals surface area (Å²) in [6.07, 6.45) is 0. The molecule has 0 aliphatic rings. The molecule has 2 aromatic rings. The number of thiazole rings is 1. The molecule has 1 aromatic carbocycles. The van der Waals surface area contributed by atoms with Gasteiger partial charge < -0.3 is 5.73 Å². The smallest absolute Gasteiger partial charge is 0.103 e. The average Bonchev–Trinajstić information content (AvgIpc) is 2.77. The minimum Gasteiger partial charge on any atom is -0.323 e. The molecule has 17 heavy (non-hydrogen) atoms. The van der Waals surface area contributed by atoms with Crippen LogP contribution in [0, 0.1) is 6.92 Å². The minimum absolute atomic E-state index is 0.0310. The summed E-state index contributed by atoms with van der Waals surface area (Å²) < 4.78 is 0. The zero-order valence-electron chi connectivity index (χ0n) is 10.0. The molecule has 0 radical (unpaired) electrons. The average molecular weight is 264 g/mol. The summed E-state index contributed by atoms with van der Waals surface area (Å²) in [5, 5.41) is 3.20. The van der Waals surface area contributed by atoms with Crippen LogP contribution in [-0.2, 0) is 5.75 Å². The molecule has 0 aliphatic carbocycles. The van der Waals surface area contributed by atoms with Crippen molar-refractivity contribution in [3.8, 4) is 0 Å². The summed E-state index contributed by atoms with van der Waals surface area (Å²) in [5.41, 5.74) is 8.11. The van der Waals surface area contributed by atoms with Gasteiger partial charge in [0.2, 0.25) is 0 Å². The second-order valence-electron chi connectivity index (χ2n) is 4.01. The van der Waals surface area contributed by atoms with Gasteiger partial charge in [0, 0.05) is 16.3 Å². The van der Waals surface area contributed by atoms with Crippen molar-refractivity contribution < 1.29 is 0 Å². The van der Waals surface area contributed by atoms with Crippen molar-refractivity contribution in [2.45, 2.75) is 30.5 Å². The van der Waals surface area contributed by atoms with Crippen molar-refractivity contribution >= 4 is 23.1 Å². The number of rotatable bonds is 4. The lowest BCUT2D eigenvalue weighted by Gasteiger charge is -2.03. The standard InChI is InChI=1S/C13H16N2S2/c1-9-5-3-4-6-12(9)16-8-13-15-11(7-17-13)10(2)14/h3-7,10H,8,14H2,1-2H3. The third-order valence-electron chi connectivity index (χ3n) is 2.48. The van der Waals surface area contributed by atoms with Crippen molar-refractivity contribution in [2.75, 3.05) is 0 Å². The van der Waals surface area contributed by atoms with Crippen LogP contribution in [0.2, 0.25) is 0 Å². The Bertz CT molecular complexity index is 492. The predicted molar refractivity (Wildman–Crippen MR) is 75.5 cm³/mol. The Morgan fingerprint density at radius 1 is 1.41 bits per heavy atom. The second-order valence-corrected chi connectivity index (χ2v) is 5.97. The number of aromatic nitrogens is 1. The van der Waals surface area contributed by atoms with Crippen LogP contribution in [0.3, 0.4) is 0 Å². The molecule has 1 aromatic heterocycles. The van der Waals surface area contributed by atoms with Gasteiger partial charge in [-0.3, -0.25) is 0 Å². The lowest BCUT2D eigenvalue weighted by Crippen LogP contribution is -2.05. The molecule has 0 saturated heterocycles. The maximum absolute atomic E-state index is 5.80. The maximum Gasteiger partial charge on any atom is 0.103 e. The fraction of sp³-hybridized carbons (Fsp3) is 0.308. The van der Waals surface area contributed by atoms with E-state index in [-0.39, 0.29) is 6.04 Å². The number of nitrogens with two attached hydrogens (primary N) is 1. The molecule has 0 saturated carbocycles. The topological polar surface area (TPSA) is 38.9 Å². The molecule has 0 fully saturated rings. The SMILES string of the molecule is Cc1ccccc1SCc1nc(C(C)N)cs1. The summed E-state index contributed by atoms with van der Waals surface area (Å²) in [7, 11) is 0. The molecular weight excluding hydrogens is 248 g/mol. The summed E-state index contributed by atoms with van der Waals surface area (Å²) in [4.78, 5) is 5.85. The van der Waals surface area contributed by atoms with Gasteiger partial charge in [0.25, 0.3) is 0 Å². The highest BCUT2D eigenvalue weighted by molar-refractivity contribution is 7.98. The Morgan fingerprint density at radius 2 is 2.18 bits per heavy atom. The molecule has 0 amide bonds. The van der Waals surface area contributed by atoms with Crippen LogP contribution < -0.4 is 5.73 Å². The molecule has 90 valence electrons. The minimum atomic E-state index is 0.0310. The maximum atomic E-state index is 5.80. The van der Waals surface area contributed by atoms with Gasteiger partial charge in [-0.05, 0) is 25.5 Å². The molecule has 0 spiro atoms. The van der Waals surface area contributed by atoms with E-state index in [1.54, 1.807) is 11.3 Å². The number of thioether (sulfide) groups is 1. The lowest BCUT2D eigenvalue weighted by atomic mass is 10.2. The van der Waals surface area contributed by atoms with Gasteiger partial charge in [-0.2, -0.15) is 0 Å². The van der Waals surface area contributed by atoms with E-state index >= 15 is 0 Å². The monoisotopic (exact) mass is 264 g/mol. The third kappa shape index (κ3) is 3.31. The fourth-order valence-corrected chi connectivity index (χ4v) is 3.40. The van der Waals surface area contributed by atoms with E-state index in [9.17, 15) is 0 Å². The van der Waals surface area contributed by atoms with Crippen LogP contribution in [0.15, 0.2) is 34.5 Å². The van der Waals surface area contributed by atoms with Gasteiger partial charge in [-0.25, -0.2) is 4.98 Å². The molecule has 0 aliphatic heterocycles. The Hall–Kier alpha value is -0.840. The fourth-order valence-electron chi connectivity index (χ4n) is 1.46. The van der Waals surface area contributed by atoms with E-state index in [2.05, 4.69) is 41.6 Å². The first-order valence-electron chi connectivity index (χ1n) is 5.55. The van der Waals surface area contributed by atoms with Gasteiger partial charge in [-0.1, -0.05) is 18.2 Å². The Morgan fingerprint density at radius 3 is 2.82 bits per heavy atom. The van der Waals surface area contributed by atoms with Crippen LogP contribution >= 0.6 is 23.1 Å². The van der Waals surface area contributed by atoms with Crippen molar-refractivity contribution in [1.82, 2.24) is 4.98 Å². The van der Waals surface area contributed by atoms with Crippen molar-refractivity contribution in [1.29, 1.82) is 0 Å². The molecule has 0 bridgehead atoms. The highest BCUT2D eigenvalue weighted by atomic mass is 32.2. The first-order chi connectivity index (χ1) is 8.16. The van der Waals surface area contributed by atoms with Crippen LogP contribution in [-0.4, -0.2) is 4.98 Å². The van der Waals surface area contributed by atoms with E-state index in [1.165, 1.54) is 10.5 Å². The molecule has 2 nitrogen and oxygen atoms in total. The molecule has 1 unspecified atom stereocenters.